The van der Waals surface area contributed by atoms with Crippen molar-refractivity contribution in [3.63, 3.8) is 0 Å². The Morgan fingerprint density at radius 3 is 2.59 bits per heavy atom. The van der Waals surface area contributed by atoms with E-state index in [1.54, 1.807) is 6.07 Å². The molecule has 6 heteroatoms. The molecular weight excluding hydrogens is 371 g/mol. The van der Waals surface area contributed by atoms with Gasteiger partial charge in [-0.3, -0.25) is 9.69 Å². The van der Waals surface area contributed by atoms with Crippen LogP contribution in [-0.4, -0.2) is 55.6 Å². The lowest BCUT2D eigenvalue weighted by Crippen LogP contribution is -2.49. The average Bonchev–Trinajstić information content (AvgIpc) is 3.20. The minimum atomic E-state index is -0.345. The predicted octanol–water partition coefficient (Wildman–Crippen LogP) is 3.05. The summed E-state index contributed by atoms with van der Waals surface area (Å²) in [7, 11) is 1.46. The maximum absolute atomic E-state index is 13.9. The molecule has 5 nitrogen and oxygen atoms in total. The molecule has 4 rings (SSSR count). The number of halogens is 1. The van der Waals surface area contributed by atoms with Gasteiger partial charge in [-0.15, -0.1) is 0 Å². The number of hydrogen-bond donors (Lipinski definition) is 0. The van der Waals surface area contributed by atoms with Crippen molar-refractivity contribution < 1.29 is 18.7 Å². The van der Waals surface area contributed by atoms with Crippen molar-refractivity contribution in [1.29, 1.82) is 0 Å². The van der Waals surface area contributed by atoms with E-state index >= 15 is 0 Å². The van der Waals surface area contributed by atoms with Gasteiger partial charge >= 0.3 is 0 Å². The summed E-state index contributed by atoms with van der Waals surface area (Å²) in [5.41, 5.74) is 3.65. The van der Waals surface area contributed by atoms with Gasteiger partial charge in [0, 0.05) is 32.7 Å². The molecule has 2 aromatic carbocycles. The first-order valence-electron chi connectivity index (χ1n) is 10.2. The molecule has 0 N–H and O–H groups in total. The van der Waals surface area contributed by atoms with E-state index in [1.165, 1.54) is 30.7 Å². The molecule has 1 fully saturated rings. The van der Waals surface area contributed by atoms with Crippen LogP contribution in [0.2, 0.25) is 0 Å². The smallest absolute Gasteiger partial charge is 0.260 e. The number of fused-ring (bicyclic) bond motifs is 1. The first-order chi connectivity index (χ1) is 14.1. The number of nitrogens with zero attached hydrogens (tertiary/aromatic N) is 2. The molecule has 1 aliphatic heterocycles. The monoisotopic (exact) mass is 398 g/mol. The van der Waals surface area contributed by atoms with Gasteiger partial charge in [0.2, 0.25) is 0 Å². The Balaban J connectivity index is 1.24. The van der Waals surface area contributed by atoms with Crippen LogP contribution in [0.25, 0.3) is 0 Å². The van der Waals surface area contributed by atoms with Gasteiger partial charge in [0.25, 0.3) is 5.91 Å². The fraction of sp³-hybridized carbons (Fsp3) is 0.435. The van der Waals surface area contributed by atoms with Gasteiger partial charge in [-0.05, 0) is 60.2 Å². The molecule has 2 aliphatic rings. The third kappa shape index (κ3) is 4.70. The second kappa shape index (κ2) is 8.82. The number of aryl methyl sites for hydroxylation is 2. The first-order valence-corrected chi connectivity index (χ1v) is 10.2. The number of piperazine rings is 1. The molecule has 0 aromatic heterocycles. The third-order valence-corrected chi connectivity index (χ3v) is 5.78. The van der Waals surface area contributed by atoms with Crippen LogP contribution in [0.1, 0.15) is 23.1 Å². The van der Waals surface area contributed by atoms with Crippen molar-refractivity contribution in [1.82, 2.24) is 9.80 Å². The van der Waals surface area contributed by atoms with Crippen LogP contribution < -0.4 is 9.47 Å². The number of hydrogen-bond acceptors (Lipinski definition) is 4. The zero-order chi connectivity index (χ0) is 20.2. The van der Waals surface area contributed by atoms with Crippen LogP contribution in [0.15, 0.2) is 36.4 Å². The van der Waals surface area contributed by atoms with Gasteiger partial charge in [0.05, 0.1) is 7.11 Å². The average molecular weight is 398 g/mol. The second-order valence-electron chi connectivity index (χ2n) is 7.70. The summed E-state index contributed by atoms with van der Waals surface area (Å²) in [5, 5.41) is 0. The number of ether oxygens (including phenoxy) is 2. The van der Waals surface area contributed by atoms with Crippen LogP contribution in [0.3, 0.4) is 0 Å². The number of rotatable bonds is 6. The van der Waals surface area contributed by atoms with Crippen molar-refractivity contribution in [3.05, 3.63) is 58.9 Å². The second-order valence-corrected chi connectivity index (χ2v) is 7.70. The minimum absolute atomic E-state index is 0.0145. The van der Waals surface area contributed by atoms with Crippen molar-refractivity contribution in [2.75, 3.05) is 39.9 Å². The molecule has 29 heavy (non-hydrogen) atoms. The van der Waals surface area contributed by atoms with Gasteiger partial charge < -0.3 is 14.4 Å². The van der Waals surface area contributed by atoms with E-state index < -0.39 is 0 Å². The number of benzene rings is 2. The molecule has 0 saturated carbocycles. The Kier molecular flexibility index (Phi) is 6.00. The molecule has 1 aliphatic carbocycles. The minimum Gasteiger partial charge on any atom is -0.494 e. The molecule has 1 saturated heterocycles. The number of carbonyl (C=O) groups is 1. The number of methoxy groups -OCH3 is 1. The molecule has 0 atom stereocenters. The molecule has 0 spiro atoms. The van der Waals surface area contributed by atoms with Crippen molar-refractivity contribution >= 4 is 5.91 Å². The molecule has 0 unspecified atom stereocenters. The lowest BCUT2D eigenvalue weighted by molar-refractivity contribution is -0.135. The van der Waals surface area contributed by atoms with Crippen LogP contribution in [0.4, 0.5) is 4.39 Å². The molecule has 2 aromatic rings. The Bertz CT molecular complexity index is 878. The summed E-state index contributed by atoms with van der Waals surface area (Å²) in [6.45, 7) is 3.57. The van der Waals surface area contributed by atoms with Crippen molar-refractivity contribution in [2.45, 2.75) is 25.8 Å². The Morgan fingerprint density at radius 2 is 1.83 bits per heavy atom. The highest BCUT2D eigenvalue weighted by Crippen LogP contribution is 2.26. The van der Waals surface area contributed by atoms with Crippen LogP contribution in [0.5, 0.6) is 11.5 Å². The Labute approximate surface area is 171 Å². The standard InChI is InChI=1S/C23H27FN2O3/c1-28-22-8-5-17(13-21(22)24)15-25-9-11-26(12-10-25)23(27)16-29-20-7-6-18-3-2-4-19(18)14-20/h5-8,13-14H,2-4,9-12,15-16H2,1H3. The highest BCUT2D eigenvalue weighted by Gasteiger charge is 2.22. The zero-order valence-electron chi connectivity index (χ0n) is 16.8. The summed E-state index contributed by atoms with van der Waals surface area (Å²) in [4.78, 5) is 16.6. The lowest BCUT2D eigenvalue weighted by Gasteiger charge is -2.34. The zero-order valence-corrected chi connectivity index (χ0v) is 16.8. The fourth-order valence-corrected chi connectivity index (χ4v) is 4.10. The highest BCUT2D eigenvalue weighted by molar-refractivity contribution is 5.77. The van der Waals surface area contributed by atoms with Gasteiger partial charge in [0.1, 0.15) is 5.75 Å². The van der Waals surface area contributed by atoms with Crippen molar-refractivity contribution in [3.8, 4) is 11.5 Å². The van der Waals surface area contributed by atoms with E-state index in [4.69, 9.17) is 9.47 Å². The van der Waals surface area contributed by atoms with Gasteiger partial charge in [-0.25, -0.2) is 4.39 Å². The largest absolute Gasteiger partial charge is 0.494 e. The number of amides is 1. The van der Waals surface area contributed by atoms with Gasteiger partial charge in [0.15, 0.2) is 18.2 Å². The summed E-state index contributed by atoms with van der Waals surface area (Å²) in [6.07, 6.45) is 3.44. The summed E-state index contributed by atoms with van der Waals surface area (Å²) in [5.74, 6) is 0.704. The Hall–Kier alpha value is -2.60. The highest BCUT2D eigenvalue weighted by atomic mass is 19.1. The van der Waals surface area contributed by atoms with E-state index in [0.717, 1.165) is 37.2 Å². The first kappa shape index (κ1) is 19.7. The summed E-state index contributed by atoms with van der Waals surface area (Å²) >= 11 is 0. The molecule has 0 bridgehead atoms. The molecule has 0 radical (unpaired) electrons. The van der Waals surface area contributed by atoms with Crippen LogP contribution in [0, 0.1) is 5.82 Å². The van der Waals surface area contributed by atoms with E-state index in [2.05, 4.69) is 17.0 Å². The Morgan fingerprint density at radius 1 is 1.03 bits per heavy atom. The third-order valence-electron chi connectivity index (χ3n) is 5.78. The van der Waals surface area contributed by atoms with Gasteiger partial charge in [-0.1, -0.05) is 12.1 Å². The maximum Gasteiger partial charge on any atom is 0.260 e. The van der Waals surface area contributed by atoms with Crippen molar-refractivity contribution in [2.24, 2.45) is 0 Å². The lowest BCUT2D eigenvalue weighted by atomic mass is 10.1. The SMILES string of the molecule is COc1ccc(CN2CCN(C(=O)COc3ccc4c(c3)CCC4)CC2)cc1F. The molecular formula is C23H27FN2O3. The van der Waals surface area contributed by atoms with E-state index in [-0.39, 0.29) is 24.1 Å². The van der Waals surface area contributed by atoms with E-state index in [9.17, 15) is 9.18 Å². The summed E-state index contributed by atoms with van der Waals surface area (Å²) in [6, 6.07) is 11.2. The fourth-order valence-electron chi connectivity index (χ4n) is 4.10. The van der Waals surface area contributed by atoms with E-state index in [1.807, 2.05) is 17.0 Å². The van der Waals surface area contributed by atoms with Crippen LogP contribution in [-0.2, 0) is 24.2 Å². The quantitative estimate of drug-likeness (QED) is 0.750. The normalized spacial score (nSPS) is 16.6. The topological polar surface area (TPSA) is 42.0 Å². The molecule has 1 amide bonds. The van der Waals surface area contributed by atoms with E-state index in [0.29, 0.717) is 19.6 Å². The number of carbonyl (C=O) groups excluding carboxylic acids is 1. The van der Waals surface area contributed by atoms with Crippen LogP contribution >= 0.6 is 0 Å². The summed E-state index contributed by atoms with van der Waals surface area (Å²) < 4.78 is 24.6. The maximum atomic E-state index is 13.9. The molecule has 1 heterocycles. The predicted molar refractivity (Wildman–Crippen MR) is 109 cm³/mol. The van der Waals surface area contributed by atoms with Gasteiger partial charge in [-0.2, -0.15) is 0 Å². The molecule has 154 valence electrons.